The molecule has 0 aromatic heterocycles. The van der Waals surface area contributed by atoms with E-state index in [2.05, 4.69) is 46.0 Å². The number of nitrogens with two attached hydrogens (primary N) is 1. The molecule has 2 aliphatic rings. The van der Waals surface area contributed by atoms with Crippen LogP contribution in [0.2, 0.25) is 0 Å². The molecule has 2 N–H and O–H groups in total. The molecular formula is C18H28N4. The third-order valence-electron chi connectivity index (χ3n) is 4.98. The number of guanidine groups is 1. The van der Waals surface area contributed by atoms with Gasteiger partial charge in [0.2, 0.25) is 0 Å². The van der Waals surface area contributed by atoms with E-state index in [4.69, 9.17) is 5.73 Å². The first-order chi connectivity index (χ1) is 10.7. The number of aliphatic imine (C=N–C) groups is 1. The van der Waals surface area contributed by atoms with Gasteiger partial charge in [0.05, 0.1) is 6.54 Å². The molecule has 0 bridgehead atoms. The highest BCUT2D eigenvalue weighted by Gasteiger charge is 2.20. The van der Waals surface area contributed by atoms with Gasteiger partial charge in [0.25, 0.3) is 0 Å². The fourth-order valence-electron chi connectivity index (χ4n) is 3.46. The molecule has 2 aliphatic heterocycles. The number of piperidine rings is 1. The molecule has 1 aromatic carbocycles. The molecule has 0 aliphatic carbocycles. The lowest BCUT2D eigenvalue weighted by Gasteiger charge is -2.33. The van der Waals surface area contributed by atoms with Crippen molar-refractivity contribution in [2.45, 2.75) is 45.2 Å². The van der Waals surface area contributed by atoms with Crippen LogP contribution in [0.3, 0.4) is 0 Å². The van der Waals surface area contributed by atoms with Crippen LogP contribution in [0.1, 0.15) is 37.3 Å². The Morgan fingerprint density at radius 1 is 1.14 bits per heavy atom. The van der Waals surface area contributed by atoms with E-state index in [9.17, 15) is 0 Å². The summed E-state index contributed by atoms with van der Waals surface area (Å²) in [5.41, 5.74) is 9.13. The predicted molar refractivity (Wildman–Crippen MR) is 91.9 cm³/mol. The van der Waals surface area contributed by atoms with Crippen molar-refractivity contribution in [3.05, 3.63) is 35.4 Å². The predicted octanol–water partition coefficient (Wildman–Crippen LogP) is 2.23. The quantitative estimate of drug-likeness (QED) is 0.688. The molecule has 1 aromatic rings. The minimum absolute atomic E-state index is 0.441. The maximum atomic E-state index is 6.16. The van der Waals surface area contributed by atoms with E-state index in [-0.39, 0.29) is 0 Å². The van der Waals surface area contributed by atoms with Crippen molar-refractivity contribution in [3.63, 3.8) is 0 Å². The monoisotopic (exact) mass is 300 g/mol. The fraction of sp³-hybridized carbons (Fsp3) is 0.611. The Kier molecular flexibility index (Phi) is 4.98. The van der Waals surface area contributed by atoms with Crippen molar-refractivity contribution >= 4 is 5.96 Å². The standard InChI is InChI=1S/C18H28N4/c1-15(13-20-18(19)21-10-5-2-6-11-21)22-12-9-16-7-3-4-8-17(16)14-22/h3-4,7-8,15H,2,5-6,9-14H2,1H3,(H2,19,20). The SMILES string of the molecule is CC(CN=C(N)N1CCCCC1)N1CCc2ccccc2C1. The average Bonchev–Trinajstić information content (AvgIpc) is 2.59. The molecule has 3 rings (SSSR count). The van der Waals surface area contributed by atoms with Gasteiger partial charge in [-0.25, -0.2) is 0 Å². The molecule has 0 spiro atoms. The van der Waals surface area contributed by atoms with E-state index in [1.165, 1.54) is 30.4 Å². The minimum atomic E-state index is 0.441. The molecule has 4 heteroatoms. The smallest absolute Gasteiger partial charge is 0.191 e. The fourth-order valence-corrected chi connectivity index (χ4v) is 3.46. The van der Waals surface area contributed by atoms with Crippen LogP contribution in [0.5, 0.6) is 0 Å². The summed E-state index contributed by atoms with van der Waals surface area (Å²) < 4.78 is 0. The van der Waals surface area contributed by atoms with Gasteiger partial charge in [-0.05, 0) is 43.7 Å². The van der Waals surface area contributed by atoms with Crippen molar-refractivity contribution in [1.82, 2.24) is 9.80 Å². The summed E-state index contributed by atoms with van der Waals surface area (Å²) in [6.45, 7) is 7.36. The first-order valence-corrected chi connectivity index (χ1v) is 8.60. The molecule has 1 unspecified atom stereocenters. The van der Waals surface area contributed by atoms with Crippen LogP contribution in [-0.4, -0.2) is 48.0 Å². The lowest BCUT2D eigenvalue weighted by atomic mass is 9.99. The van der Waals surface area contributed by atoms with Crippen LogP contribution in [0, 0.1) is 0 Å². The van der Waals surface area contributed by atoms with Crippen LogP contribution in [0.25, 0.3) is 0 Å². The Balaban J connectivity index is 1.55. The van der Waals surface area contributed by atoms with Gasteiger partial charge in [-0.1, -0.05) is 24.3 Å². The Hall–Kier alpha value is -1.55. The largest absolute Gasteiger partial charge is 0.370 e. The number of nitrogens with zero attached hydrogens (tertiary/aromatic N) is 3. The molecule has 1 fully saturated rings. The van der Waals surface area contributed by atoms with E-state index >= 15 is 0 Å². The number of likely N-dealkylation sites (tertiary alicyclic amines) is 1. The minimum Gasteiger partial charge on any atom is -0.370 e. The zero-order valence-electron chi connectivity index (χ0n) is 13.7. The summed E-state index contributed by atoms with van der Waals surface area (Å²) in [4.78, 5) is 9.42. The van der Waals surface area contributed by atoms with Gasteiger partial charge in [0, 0.05) is 32.2 Å². The maximum Gasteiger partial charge on any atom is 0.191 e. The molecule has 1 saturated heterocycles. The van der Waals surface area contributed by atoms with Crippen LogP contribution >= 0.6 is 0 Å². The van der Waals surface area contributed by atoms with E-state index < -0.39 is 0 Å². The van der Waals surface area contributed by atoms with Crippen LogP contribution in [0.15, 0.2) is 29.3 Å². The van der Waals surface area contributed by atoms with Gasteiger partial charge in [0.15, 0.2) is 5.96 Å². The van der Waals surface area contributed by atoms with Gasteiger partial charge >= 0.3 is 0 Å². The molecule has 22 heavy (non-hydrogen) atoms. The average molecular weight is 300 g/mol. The number of hydrogen-bond donors (Lipinski definition) is 1. The summed E-state index contributed by atoms with van der Waals surface area (Å²) in [6.07, 6.45) is 4.96. The molecule has 2 heterocycles. The van der Waals surface area contributed by atoms with Crippen LogP contribution in [-0.2, 0) is 13.0 Å². The third-order valence-corrected chi connectivity index (χ3v) is 4.98. The van der Waals surface area contributed by atoms with E-state index in [0.717, 1.165) is 45.1 Å². The van der Waals surface area contributed by atoms with Gasteiger partial charge in [-0.15, -0.1) is 0 Å². The van der Waals surface area contributed by atoms with Crippen LogP contribution in [0.4, 0.5) is 0 Å². The van der Waals surface area contributed by atoms with Crippen LogP contribution < -0.4 is 5.73 Å². The number of rotatable bonds is 3. The lowest BCUT2D eigenvalue weighted by Crippen LogP contribution is -2.43. The Morgan fingerprint density at radius 3 is 2.64 bits per heavy atom. The summed E-state index contributed by atoms with van der Waals surface area (Å²) in [6, 6.07) is 9.22. The molecule has 0 radical (unpaired) electrons. The summed E-state index contributed by atoms with van der Waals surface area (Å²) in [7, 11) is 0. The molecule has 0 saturated carbocycles. The van der Waals surface area contributed by atoms with E-state index in [1.54, 1.807) is 0 Å². The molecule has 4 nitrogen and oxygen atoms in total. The second-order valence-electron chi connectivity index (χ2n) is 6.58. The zero-order chi connectivity index (χ0) is 15.4. The lowest BCUT2D eigenvalue weighted by molar-refractivity contribution is 0.195. The van der Waals surface area contributed by atoms with E-state index in [1.807, 2.05) is 0 Å². The summed E-state index contributed by atoms with van der Waals surface area (Å²) >= 11 is 0. The highest BCUT2D eigenvalue weighted by molar-refractivity contribution is 5.78. The second kappa shape index (κ2) is 7.14. The number of benzene rings is 1. The van der Waals surface area contributed by atoms with Crippen molar-refractivity contribution in [3.8, 4) is 0 Å². The highest BCUT2D eigenvalue weighted by Crippen LogP contribution is 2.20. The molecule has 0 amide bonds. The summed E-state index contributed by atoms with van der Waals surface area (Å²) in [5, 5.41) is 0. The first-order valence-electron chi connectivity index (χ1n) is 8.60. The van der Waals surface area contributed by atoms with Gasteiger partial charge in [-0.3, -0.25) is 9.89 Å². The molecule has 120 valence electrons. The highest BCUT2D eigenvalue weighted by atomic mass is 15.3. The maximum absolute atomic E-state index is 6.16. The third kappa shape index (κ3) is 3.61. The zero-order valence-corrected chi connectivity index (χ0v) is 13.7. The van der Waals surface area contributed by atoms with Crippen molar-refractivity contribution in [1.29, 1.82) is 0 Å². The topological polar surface area (TPSA) is 44.9 Å². The van der Waals surface area contributed by atoms with E-state index in [0.29, 0.717) is 6.04 Å². The van der Waals surface area contributed by atoms with Gasteiger partial charge < -0.3 is 10.6 Å². The van der Waals surface area contributed by atoms with Gasteiger partial charge in [-0.2, -0.15) is 0 Å². The molecular weight excluding hydrogens is 272 g/mol. The van der Waals surface area contributed by atoms with Crippen molar-refractivity contribution in [2.24, 2.45) is 10.7 Å². The normalized spacial score (nSPS) is 21.5. The molecule has 1 atom stereocenters. The van der Waals surface area contributed by atoms with Crippen molar-refractivity contribution < 1.29 is 0 Å². The Morgan fingerprint density at radius 2 is 1.86 bits per heavy atom. The second-order valence-corrected chi connectivity index (χ2v) is 6.58. The van der Waals surface area contributed by atoms with Gasteiger partial charge in [0.1, 0.15) is 0 Å². The number of fused-ring (bicyclic) bond motifs is 1. The summed E-state index contributed by atoms with van der Waals surface area (Å²) in [5.74, 6) is 0.740. The Bertz CT molecular complexity index is 520. The van der Waals surface area contributed by atoms with Crippen molar-refractivity contribution in [2.75, 3.05) is 26.2 Å². The first kappa shape index (κ1) is 15.3. The number of hydrogen-bond acceptors (Lipinski definition) is 2. The Labute approximate surface area is 134 Å².